The number of alkyl halides is 1. The predicted molar refractivity (Wildman–Crippen MR) is 69.0 cm³/mol. The van der Waals surface area contributed by atoms with Crippen LogP contribution >= 0.6 is 0 Å². The highest BCUT2D eigenvalue weighted by Crippen LogP contribution is 2.30. The number of carbonyl (C=O) groups excluding carboxylic acids is 1. The zero-order valence-corrected chi connectivity index (χ0v) is 11.5. The van der Waals surface area contributed by atoms with Crippen LogP contribution in [0.4, 0.5) is 14.5 Å². The molecule has 1 unspecified atom stereocenters. The number of rotatable bonds is 4. The van der Waals surface area contributed by atoms with Crippen molar-refractivity contribution in [1.29, 1.82) is 0 Å². The van der Waals surface area contributed by atoms with Crippen molar-refractivity contribution in [3.63, 3.8) is 0 Å². The highest BCUT2D eigenvalue weighted by Gasteiger charge is 2.36. The third kappa shape index (κ3) is 2.85. The van der Waals surface area contributed by atoms with Crippen LogP contribution in [0.15, 0.2) is 12.1 Å². The lowest BCUT2D eigenvalue weighted by Crippen LogP contribution is -2.42. The maximum atomic E-state index is 13.8. The number of benzene rings is 1. The van der Waals surface area contributed by atoms with Crippen LogP contribution in [0.3, 0.4) is 0 Å². The fraction of sp³-hybridized carbons (Fsp3) is 0.462. The topological polar surface area (TPSA) is 83.7 Å². The summed E-state index contributed by atoms with van der Waals surface area (Å²) in [5.41, 5.74) is -2.08. The van der Waals surface area contributed by atoms with Crippen molar-refractivity contribution in [2.75, 3.05) is 6.54 Å². The molecule has 1 heterocycles. The van der Waals surface area contributed by atoms with Crippen molar-refractivity contribution in [3.05, 3.63) is 39.2 Å². The number of nitro groups is 1. The van der Waals surface area contributed by atoms with Crippen molar-refractivity contribution < 1.29 is 23.6 Å². The van der Waals surface area contributed by atoms with Crippen LogP contribution in [0, 0.1) is 15.9 Å². The maximum absolute atomic E-state index is 13.8. The molecule has 1 N–H and O–H groups in total. The minimum absolute atomic E-state index is 0.0129. The second kappa shape index (κ2) is 5.03. The van der Waals surface area contributed by atoms with E-state index in [1.54, 1.807) is 0 Å². The van der Waals surface area contributed by atoms with E-state index in [4.69, 9.17) is 0 Å². The third-order valence-electron chi connectivity index (χ3n) is 3.40. The number of hydrogen-bond donors (Lipinski definition) is 1. The van der Waals surface area contributed by atoms with Crippen LogP contribution in [0.2, 0.25) is 0 Å². The number of nitro benzene ring substituents is 1. The van der Waals surface area contributed by atoms with E-state index < -0.39 is 34.1 Å². The highest BCUT2D eigenvalue weighted by atomic mass is 19.1. The normalized spacial score (nSPS) is 16.0. The van der Waals surface area contributed by atoms with E-state index in [1.807, 2.05) is 0 Å². The second-order valence-corrected chi connectivity index (χ2v) is 5.52. The van der Waals surface area contributed by atoms with E-state index in [1.165, 1.54) is 13.8 Å². The van der Waals surface area contributed by atoms with E-state index in [0.717, 1.165) is 17.0 Å². The zero-order chi connectivity index (χ0) is 15.9. The van der Waals surface area contributed by atoms with E-state index in [2.05, 4.69) is 0 Å². The van der Waals surface area contributed by atoms with Gasteiger partial charge in [-0.2, -0.15) is 4.39 Å². The van der Waals surface area contributed by atoms with Crippen LogP contribution in [0.5, 0.6) is 0 Å². The van der Waals surface area contributed by atoms with E-state index in [9.17, 15) is 28.8 Å². The maximum Gasteiger partial charge on any atom is 0.305 e. The van der Waals surface area contributed by atoms with Gasteiger partial charge in [-0.25, -0.2) is 4.39 Å². The van der Waals surface area contributed by atoms with Gasteiger partial charge in [0.1, 0.15) is 6.17 Å². The summed E-state index contributed by atoms with van der Waals surface area (Å²) in [4.78, 5) is 22.9. The molecule has 1 aromatic rings. The number of hydrogen-bond acceptors (Lipinski definition) is 4. The average Bonchev–Trinajstić information content (AvgIpc) is 2.64. The Hall–Kier alpha value is -2.09. The summed E-state index contributed by atoms with van der Waals surface area (Å²) in [5.74, 6) is -1.71. The van der Waals surface area contributed by atoms with Crippen LogP contribution in [0.1, 0.15) is 29.8 Å². The lowest BCUT2D eigenvalue weighted by molar-refractivity contribution is -0.387. The van der Waals surface area contributed by atoms with E-state index >= 15 is 0 Å². The minimum atomic E-state index is -1.68. The first kappa shape index (κ1) is 15.3. The molecule has 0 aromatic heterocycles. The van der Waals surface area contributed by atoms with Crippen molar-refractivity contribution in [2.24, 2.45) is 0 Å². The van der Waals surface area contributed by atoms with Crippen molar-refractivity contribution in [1.82, 2.24) is 4.90 Å². The molecule has 0 bridgehead atoms. The van der Waals surface area contributed by atoms with Gasteiger partial charge in [0.15, 0.2) is 0 Å². The zero-order valence-electron chi connectivity index (χ0n) is 11.5. The molecule has 1 aromatic carbocycles. The molecule has 0 saturated carbocycles. The highest BCUT2D eigenvalue weighted by molar-refractivity contribution is 5.98. The number of halogens is 2. The number of amides is 1. The third-order valence-corrected chi connectivity index (χ3v) is 3.40. The van der Waals surface area contributed by atoms with Gasteiger partial charge in [0.05, 0.1) is 17.1 Å². The standard InChI is InChI=1S/C13H14F2N2O4/c1-13(2,19)11(15)6-16-5-7-3-10(17(20)21)9(14)4-8(7)12(16)18/h3-4,11,19H,5-6H2,1-2H3. The first-order valence-corrected chi connectivity index (χ1v) is 6.23. The first-order valence-electron chi connectivity index (χ1n) is 6.23. The Balaban J connectivity index is 2.26. The Labute approximate surface area is 119 Å². The molecular weight excluding hydrogens is 286 g/mol. The Morgan fingerprint density at radius 1 is 1.52 bits per heavy atom. The van der Waals surface area contributed by atoms with E-state index in [0.29, 0.717) is 0 Å². The molecule has 21 heavy (non-hydrogen) atoms. The van der Waals surface area contributed by atoms with Gasteiger partial charge in [0.2, 0.25) is 5.82 Å². The number of carbonyl (C=O) groups is 1. The van der Waals surface area contributed by atoms with Crippen molar-refractivity contribution in [3.8, 4) is 0 Å². The molecule has 2 rings (SSSR count). The molecule has 1 aliphatic rings. The quantitative estimate of drug-likeness (QED) is 0.679. The van der Waals surface area contributed by atoms with Crippen LogP contribution in [0.25, 0.3) is 0 Å². The summed E-state index contributed by atoms with van der Waals surface area (Å²) >= 11 is 0. The van der Waals surface area contributed by atoms with E-state index in [-0.39, 0.29) is 24.2 Å². The molecule has 0 fully saturated rings. The first-order chi connectivity index (χ1) is 9.61. The summed E-state index contributed by atoms with van der Waals surface area (Å²) in [7, 11) is 0. The molecule has 0 aliphatic carbocycles. The van der Waals surface area contributed by atoms with Gasteiger partial charge < -0.3 is 10.0 Å². The SMILES string of the molecule is CC(C)(O)C(F)CN1Cc2cc([N+](=O)[O-])c(F)cc2C1=O. The molecule has 1 amide bonds. The Kier molecular flexibility index (Phi) is 3.66. The van der Waals surface area contributed by atoms with Gasteiger partial charge >= 0.3 is 5.69 Å². The molecule has 0 saturated heterocycles. The second-order valence-electron chi connectivity index (χ2n) is 5.52. The summed E-state index contributed by atoms with van der Waals surface area (Å²) in [5, 5.41) is 20.2. The lowest BCUT2D eigenvalue weighted by atomic mass is 10.0. The van der Waals surface area contributed by atoms with Crippen LogP contribution < -0.4 is 0 Å². The summed E-state index contributed by atoms with van der Waals surface area (Å²) in [6.07, 6.45) is -1.68. The molecule has 6 nitrogen and oxygen atoms in total. The van der Waals surface area contributed by atoms with Gasteiger partial charge in [-0.3, -0.25) is 14.9 Å². The van der Waals surface area contributed by atoms with Gasteiger partial charge in [-0.1, -0.05) is 0 Å². The summed E-state index contributed by atoms with van der Waals surface area (Å²) in [6, 6.07) is 1.78. The molecule has 0 radical (unpaired) electrons. The van der Waals surface area contributed by atoms with Crippen LogP contribution in [-0.4, -0.2) is 39.2 Å². The summed E-state index contributed by atoms with van der Waals surface area (Å²) in [6.45, 7) is 2.13. The molecule has 0 spiro atoms. The molecule has 1 atom stereocenters. The predicted octanol–water partition coefficient (Wildman–Crippen LogP) is 1.80. The van der Waals surface area contributed by atoms with Crippen molar-refractivity contribution in [2.45, 2.75) is 32.2 Å². The molecule has 1 aliphatic heterocycles. The fourth-order valence-electron chi connectivity index (χ4n) is 2.09. The lowest BCUT2D eigenvalue weighted by Gasteiger charge is -2.26. The van der Waals surface area contributed by atoms with Gasteiger partial charge in [0.25, 0.3) is 5.91 Å². The number of nitrogens with zero attached hydrogens (tertiary/aromatic N) is 2. The van der Waals surface area contributed by atoms with Crippen molar-refractivity contribution >= 4 is 11.6 Å². The number of fused-ring (bicyclic) bond motifs is 1. The number of aliphatic hydroxyl groups is 1. The van der Waals surface area contributed by atoms with Gasteiger partial charge in [-0.05, 0) is 25.5 Å². The smallest absolute Gasteiger partial charge is 0.305 e. The molecule has 114 valence electrons. The summed E-state index contributed by atoms with van der Waals surface area (Å²) < 4.78 is 27.3. The van der Waals surface area contributed by atoms with Crippen LogP contribution in [-0.2, 0) is 6.54 Å². The monoisotopic (exact) mass is 300 g/mol. The molecule has 8 heteroatoms. The average molecular weight is 300 g/mol. The minimum Gasteiger partial charge on any atom is -0.387 e. The Morgan fingerprint density at radius 3 is 2.67 bits per heavy atom. The Morgan fingerprint density at radius 2 is 2.14 bits per heavy atom. The van der Waals surface area contributed by atoms with Gasteiger partial charge in [-0.15, -0.1) is 0 Å². The fourth-order valence-corrected chi connectivity index (χ4v) is 2.09. The largest absolute Gasteiger partial charge is 0.387 e. The van der Waals surface area contributed by atoms with Gasteiger partial charge in [0, 0.05) is 18.2 Å². The molecular formula is C13H14F2N2O4. The Bertz CT molecular complexity index is 613.